The Hall–Kier alpha value is -1.79. The summed E-state index contributed by atoms with van der Waals surface area (Å²) < 4.78 is 10.6. The lowest BCUT2D eigenvalue weighted by atomic mass is 10.0. The van der Waals surface area contributed by atoms with Crippen LogP contribution in [0.5, 0.6) is 11.5 Å². The first-order valence-corrected chi connectivity index (χ1v) is 7.94. The number of likely N-dealkylation sites (tertiary alicyclic amines) is 2. The van der Waals surface area contributed by atoms with E-state index in [9.17, 15) is 9.90 Å². The summed E-state index contributed by atoms with van der Waals surface area (Å²) in [5, 5.41) is 9.55. The molecule has 1 aromatic rings. The van der Waals surface area contributed by atoms with Gasteiger partial charge in [-0.25, -0.2) is 4.79 Å². The van der Waals surface area contributed by atoms with E-state index in [2.05, 4.69) is 16.8 Å². The van der Waals surface area contributed by atoms with Gasteiger partial charge in [0.05, 0.1) is 19.8 Å². The molecule has 0 unspecified atom stereocenters. The van der Waals surface area contributed by atoms with Gasteiger partial charge < -0.3 is 19.5 Å². The average Bonchev–Trinajstić information content (AvgIpc) is 3.09. The molecule has 1 aromatic carbocycles. The second kappa shape index (κ2) is 6.37. The number of rotatable bonds is 5. The van der Waals surface area contributed by atoms with Crippen molar-refractivity contribution in [2.24, 2.45) is 5.92 Å². The molecule has 2 atom stereocenters. The maximum absolute atomic E-state index is 11.6. The van der Waals surface area contributed by atoms with E-state index in [0.717, 1.165) is 25.2 Å². The highest BCUT2D eigenvalue weighted by atomic mass is 16.5. The first kappa shape index (κ1) is 16.1. The molecule has 6 heteroatoms. The second-order valence-electron chi connectivity index (χ2n) is 6.45. The van der Waals surface area contributed by atoms with Crippen LogP contribution < -0.4 is 9.47 Å². The second-order valence-corrected chi connectivity index (χ2v) is 6.45. The summed E-state index contributed by atoms with van der Waals surface area (Å²) in [5.74, 6) is 0.819. The number of fused-ring (bicyclic) bond motifs is 1. The lowest BCUT2D eigenvalue weighted by Gasteiger charge is -2.22. The number of hydrogen-bond donors (Lipinski definition) is 1. The normalized spacial score (nSPS) is 24.7. The van der Waals surface area contributed by atoms with Crippen molar-refractivity contribution in [1.82, 2.24) is 9.80 Å². The Morgan fingerprint density at radius 3 is 2.70 bits per heavy atom. The molecule has 126 valence electrons. The highest BCUT2D eigenvalue weighted by Gasteiger charge is 2.39. The predicted molar refractivity (Wildman–Crippen MR) is 86.3 cm³/mol. The van der Waals surface area contributed by atoms with Crippen LogP contribution in [-0.4, -0.2) is 67.8 Å². The summed E-state index contributed by atoms with van der Waals surface area (Å²) in [6.45, 7) is 3.75. The number of benzene rings is 1. The van der Waals surface area contributed by atoms with Gasteiger partial charge in [0.25, 0.3) is 0 Å². The molecule has 6 nitrogen and oxygen atoms in total. The van der Waals surface area contributed by atoms with E-state index in [1.54, 1.807) is 19.2 Å². The van der Waals surface area contributed by atoms with E-state index in [1.165, 1.54) is 13.5 Å². The summed E-state index contributed by atoms with van der Waals surface area (Å²) in [6, 6.07) is 3.92. The largest absolute Gasteiger partial charge is 0.497 e. The van der Waals surface area contributed by atoms with Crippen LogP contribution in [-0.2, 0) is 6.54 Å². The zero-order chi connectivity index (χ0) is 16.6. The number of aromatic carboxylic acids is 1. The van der Waals surface area contributed by atoms with Crippen molar-refractivity contribution < 1.29 is 19.4 Å². The van der Waals surface area contributed by atoms with E-state index >= 15 is 0 Å². The SMILES string of the molecule is COc1cc(OC)c(CN2C[C@@H]3CCN(C)[C@@H]3C2)c(C(=O)O)c1. The lowest BCUT2D eigenvalue weighted by Crippen LogP contribution is -2.32. The first-order chi connectivity index (χ1) is 11.0. The molecule has 2 heterocycles. The third kappa shape index (κ3) is 3.01. The van der Waals surface area contributed by atoms with Crippen LogP contribution in [0.15, 0.2) is 12.1 Å². The molecule has 2 aliphatic rings. The van der Waals surface area contributed by atoms with Crippen LogP contribution in [0, 0.1) is 5.92 Å². The summed E-state index contributed by atoms with van der Waals surface area (Å²) in [5.41, 5.74) is 0.982. The van der Waals surface area contributed by atoms with Crippen molar-refractivity contribution in [3.8, 4) is 11.5 Å². The minimum absolute atomic E-state index is 0.256. The molecule has 0 aliphatic carbocycles. The van der Waals surface area contributed by atoms with Crippen molar-refractivity contribution in [2.45, 2.75) is 19.0 Å². The van der Waals surface area contributed by atoms with Gasteiger partial charge in [-0.2, -0.15) is 0 Å². The minimum Gasteiger partial charge on any atom is -0.497 e. The molecule has 2 fully saturated rings. The average molecular weight is 320 g/mol. The quantitative estimate of drug-likeness (QED) is 0.888. The maximum Gasteiger partial charge on any atom is 0.336 e. The molecule has 0 amide bonds. The van der Waals surface area contributed by atoms with Gasteiger partial charge in [0.15, 0.2) is 0 Å². The highest BCUT2D eigenvalue weighted by Crippen LogP contribution is 2.34. The van der Waals surface area contributed by atoms with Crippen molar-refractivity contribution in [3.05, 3.63) is 23.3 Å². The Kier molecular flexibility index (Phi) is 4.46. The van der Waals surface area contributed by atoms with E-state index < -0.39 is 5.97 Å². The first-order valence-electron chi connectivity index (χ1n) is 7.94. The number of likely N-dealkylation sites (N-methyl/N-ethyl adjacent to an activating group) is 1. The number of nitrogens with zero attached hydrogens (tertiary/aromatic N) is 2. The van der Waals surface area contributed by atoms with Gasteiger partial charge in [-0.3, -0.25) is 4.90 Å². The summed E-state index contributed by atoms with van der Waals surface area (Å²) in [6.07, 6.45) is 1.23. The van der Waals surface area contributed by atoms with Gasteiger partial charge in [0.2, 0.25) is 0 Å². The third-order valence-corrected chi connectivity index (χ3v) is 5.15. The number of carboxylic acids is 1. The monoisotopic (exact) mass is 320 g/mol. The van der Waals surface area contributed by atoms with Gasteiger partial charge in [-0.1, -0.05) is 0 Å². The van der Waals surface area contributed by atoms with Gasteiger partial charge in [-0.05, 0) is 32.0 Å². The summed E-state index contributed by atoms with van der Waals surface area (Å²) in [4.78, 5) is 16.4. The van der Waals surface area contributed by atoms with Crippen molar-refractivity contribution in [3.63, 3.8) is 0 Å². The third-order valence-electron chi connectivity index (χ3n) is 5.15. The molecule has 0 aromatic heterocycles. The molecule has 0 radical (unpaired) electrons. The smallest absolute Gasteiger partial charge is 0.336 e. The molecule has 2 aliphatic heterocycles. The van der Waals surface area contributed by atoms with E-state index in [0.29, 0.717) is 30.0 Å². The van der Waals surface area contributed by atoms with Crippen molar-refractivity contribution >= 4 is 5.97 Å². The molecule has 3 rings (SSSR count). The maximum atomic E-state index is 11.6. The Morgan fingerprint density at radius 2 is 2.09 bits per heavy atom. The fourth-order valence-electron chi connectivity index (χ4n) is 3.89. The van der Waals surface area contributed by atoms with Gasteiger partial charge in [0.1, 0.15) is 11.5 Å². The van der Waals surface area contributed by atoms with Gasteiger partial charge >= 0.3 is 5.97 Å². The minimum atomic E-state index is -0.950. The lowest BCUT2D eigenvalue weighted by molar-refractivity contribution is 0.0693. The Morgan fingerprint density at radius 1 is 1.30 bits per heavy atom. The molecule has 0 spiro atoms. The summed E-state index contributed by atoms with van der Waals surface area (Å²) >= 11 is 0. The van der Waals surface area contributed by atoms with E-state index in [1.807, 2.05) is 0 Å². The number of ether oxygens (including phenoxy) is 2. The van der Waals surface area contributed by atoms with Crippen LogP contribution in [0.4, 0.5) is 0 Å². The van der Waals surface area contributed by atoms with Crippen LogP contribution in [0.1, 0.15) is 22.3 Å². The predicted octanol–water partition coefficient (Wildman–Crippen LogP) is 1.54. The zero-order valence-corrected chi connectivity index (χ0v) is 13.9. The standard InChI is InChI=1S/C17H24N2O4/c1-18-5-4-11-8-19(10-15(11)18)9-14-13(17(20)21)6-12(22-2)7-16(14)23-3/h6-7,11,15H,4-5,8-10H2,1-3H3,(H,20,21)/t11-,15+/m0/s1. The Labute approximate surface area is 136 Å². The number of carboxylic acid groups (broad SMARTS) is 1. The van der Waals surface area contributed by atoms with E-state index in [-0.39, 0.29) is 5.56 Å². The molecule has 23 heavy (non-hydrogen) atoms. The molecular weight excluding hydrogens is 296 g/mol. The van der Waals surface area contributed by atoms with Crippen molar-refractivity contribution in [1.29, 1.82) is 0 Å². The molecule has 0 bridgehead atoms. The Bertz CT molecular complexity index is 605. The van der Waals surface area contributed by atoms with Gasteiger partial charge in [0, 0.05) is 37.3 Å². The van der Waals surface area contributed by atoms with Crippen LogP contribution in [0.2, 0.25) is 0 Å². The summed E-state index contributed by atoms with van der Waals surface area (Å²) in [7, 11) is 5.26. The number of methoxy groups -OCH3 is 2. The Balaban J connectivity index is 1.86. The molecule has 2 saturated heterocycles. The number of hydrogen-bond acceptors (Lipinski definition) is 5. The fraction of sp³-hybridized carbons (Fsp3) is 0.588. The molecular formula is C17H24N2O4. The fourth-order valence-corrected chi connectivity index (χ4v) is 3.89. The van der Waals surface area contributed by atoms with E-state index in [4.69, 9.17) is 9.47 Å². The van der Waals surface area contributed by atoms with Crippen LogP contribution >= 0.6 is 0 Å². The molecule has 1 N–H and O–H groups in total. The van der Waals surface area contributed by atoms with Crippen molar-refractivity contribution in [2.75, 3.05) is 40.9 Å². The zero-order valence-electron chi connectivity index (χ0n) is 13.9. The van der Waals surface area contributed by atoms with Gasteiger partial charge in [-0.15, -0.1) is 0 Å². The molecule has 0 saturated carbocycles. The highest BCUT2D eigenvalue weighted by molar-refractivity contribution is 5.91. The van der Waals surface area contributed by atoms with Crippen LogP contribution in [0.25, 0.3) is 0 Å². The topological polar surface area (TPSA) is 62.2 Å². The number of carbonyl (C=O) groups is 1. The van der Waals surface area contributed by atoms with Crippen LogP contribution in [0.3, 0.4) is 0 Å².